The molecule has 4 nitrogen and oxygen atoms in total. The molecule has 13 heavy (non-hydrogen) atoms. The molecule has 0 aromatic carbocycles. The summed E-state index contributed by atoms with van der Waals surface area (Å²) >= 11 is 0. The summed E-state index contributed by atoms with van der Waals surface area (Å²) in [6.45, 7) is 7.89. The van der Waals surface area contributed by atoms with Gasteiger partial charge in [0, 0.05) is 19.1 Å². The summed E-state index contributed by atoms with van der Waals surface area (Å²) in [5.41, 5.74) is 0.0459. The largest absolute Gasteiger partial charge is 0.383 e. The molecule has 0 atom stereocenters. The van der Waals surface area contributed by atoms with E-state index in [1.54, 1.807) is 13.4 Å². The summed E-state index contributed by atoms with van der Waals surface area (Å²) < 4.78 is 7.04. The van der Waals surface area contributed by atoms with E-state index in [0.717, 1.165) is 12.4 Å². The second-order valence-electron chi connectivity index (χ2n) is 4.09. The van der Waals surface area contributed by atoms with Gasteiger partial charge in [-0.2, -0.15) is 0 Å². The van der Waals surface area contributed by atoms with Crippen LogP contribution in [0, 0.1) is 0 Å². The molecule has 0 saturated heterocycles. The van der Waals surface area contributed by atoms with Crippen LogP contribution in [0.1, 0.15) is 26.6 Å². The Morgan fingerprint density at radius 2 is 2.15 bits per heavy atom. The Balaban J connectivity index is 2.77. The molecule has 0 aliphatic carbocycles. The fourth-order valence-electron chi connectivity index (χ4n) is 1.19. The van der Waals surface area contributed by atoms with Crippen molar-refractivity contribution in [1.82, 2.24) is 14.8 Å². The van der Waals surface area contributed by atoms with Crippen LogP contribution in [-0.4, -0.2) is 28.5 Å². The van der Waals surface area contributed by atoms with Gasteiger partial charge in [-0.1, -0.05) is 20.8 Å². The van der Waals surface area contributed by atoms with Crippen LogP contribution in [0.4, 0.5) is 0 Å². The van der Waals surface area contributed by atoms with Gasteiger partial charge in [0.15, 0.2) is 0 Å². The summed E-state index contributed by atoms with van der Waals surface area (Å²) in [5, 5.41) is 8.00. The van der Waals surface area contributed by atoms with Crippen LogP contribution in [0.5, 0.6) is 0 Å². The first kappa shape index (κ1) is 10.2. The minimum absolute atomic E-state index is 0.0459. The van der Waals surface area contributed by atoms with Crippen molar-refractivity contribution >= 4 is 0 Å². The maximum absolute atomic E-state index is 5.01. The van der Waals surface area contributed by atoms with Crippen LogP contribution in [-0.2, 0) is 16.7 Å². The van der Waals surface area contributed by atoms with Gasteiger partial charge < -0.3 is 9.30 Å². The van der Waals surface area contributed by atoms with Crippen molar-refractivity contribution in [3.8, 4) is 0 Å². The number of nitrogens with zero attached hydrogens (tertiary/aromatic N) is 3. The molecule has 74 valence electrons. The van der Waals surface area contributed by atoms with Gasteiger partial charge in [0.2, 0.25) is 0 Å². The number of rotatable bonds is 3. The zero-order valence-electron chi connectivity index (χ0n) is 8.74. The van der Waals surface area contributed by atoms with Crippen LogP contribution in [0.2, 0.25) is 0 Å². The highest BCUT2D eigenvalue weighted by Gasteiger charge is 2.20. The molecule has 0 N–H and O–H groups in total. The second kappa shape index (κ2) is 3.87. The van der Waals surface area contributed by atoms with E-state index < -0.39 is 0 Å². The lowest BCUT2D eigenvalue weighted by atomic mass is 9.96. The van der Waals surface area contributed by atoms with Gasteiger partial charge in [0.25, 0.3) is 0 Å². The van der Waals surface area contributed by atoms with Crippen LogP contribution >= 0.6 is 0 Å². The predicted molar refractivity (Wildman–Crippen MR) is 50.6 cm³/mol. The molecular formula is C9H17N3O. The molecule has 0 aliphatic rings. The molecule has 0 spiro atoms. The molecule has 0 aliphatic heterocycles. The zero-order valence-corrected chi connectivity index (χ0v) is 8.74. The molecule has 0 radical (unpaired) electrons. The number of aromatic nitrogens is 3. The molecule has 0 bridgehead atoms. The predicted octanol–water partition coefficient (Wildman–Crippen LogP) is 1.22. The first-order valence-corrected chi connectivity index (χ1v) is 4.43. The Labute approximate surface area is 78.9 Å². The fourth-order valence-corrected chi connectivity index (χ4v) is 1.19. The van der Waals surface area contributed by atoms with E-state index in [1.165, 1.54) is 0 Å². The number of methoxy groups -OCH3 is 1. The van der Waals surface area contributed by atoms with Crippen molar-refractivity contribution in [3.05, 3.63) is 12.2 Å². The molecule has 4 heteroatoms. The Morgan fingerprint density at radius 3 is 2.69 bits per heavy atom. The molecule has 0 saturated carbocycles. The first-order chi connectivity index (χ1) is 6.05. The third-order valence-electron chi connectivity index (χ3n) is 1.82. The van der Waals surface area contributed by atoms with Crippen LogP contribution in [0.25, 0.3) is 0 Å². The minimum Gasteiger partial charge on any atom is -0.383 e. The lowest BCUT2D eigenvalue weighted by Crippen LogP contribution is -2.20. The van der Waals surface area contributed by atoms with E-state index in [-0.39, 0.29) is 5.41 Å². The van der Waals surface area contributed by atoms with E-state index in [2.05, 4.69) is 31.0 Å². The Kier molecular flexibility index (Phi) is 3.03. The molecule has 1 aromatic rings. The van der Waals surface area contributed by atoms with Gasteiger partial charge in [0.05, 0.1) is 6.61 Å². The summed E-state index contributed by atoms with van der Waals surface area (Å²) in [6.07, 6.45) is 1.75. The molecule has 0 amide bonds. The Hall–Kier alpha value is -0.900. The second-order valence-corrected chi connectivity index (χ2v) is 4.09. The summed E-state index contributed by atoms with van der Waals surface area (Å²) in [5.74, 6) is 1.00. The van der Waals surface area contributed by atoms with Gasteiger partial charge in [-0.15, -0.1) is 10.2 Å². The molecule has 1 aromatic heterocycles. The van der Waals surface area contributed by atoms with Gasteiger partial charge in [-0.25, -0.2) is 0 Å². The molecule has 1 rings (SSSR count). The lowest BCUT2D eigenvalue weighted by molar-refractivity contribution is 0.185. The highest BCUT2D eigenvalue weighted by Crippen LogP contribution is 2.18. The highest BCUT2D eigenvalue weighted by molar-refractivity contribution is 5.00. The average molecular weight is 183 g/mol. The third-order valence-corrected chi connectivity index (χ3v) is 1.82. The Bertz CT molecular complexity index is 262. The summed E-state index contributed by atoms with van der Waals surface area (Å²) in [4.78, 5) is 0. The van der Waals surface area contributed by atoms with Crippen LogP contribution in [0.15, 0.2) is 6.33 Å². The van der Waals surface area contributed by atoms with Gasteiger partial charge in [-0.3, -0.25) is 0 Å². The van der Waals surface area contributed by atoms with E-state index in [0.29, 0.717) is 6.61 Å². The smallest absolute Gasteiger partial charge is 0.138 e. The molecule has 0 unspecified atom stereocenters. The lowest BCUT2D eigenvalue weighted by Gasteiger charge is -2.18. The number of hydrogen-bond donors (Lipinski definition) is 0. The van der Waals surface area contributed by atoms with Gasteiger partial charge in [-0.05, 0) is 0 Å². The number of ether oxygens (including phenoxy) is 1. The van der Waals surface area contributed by atoms with Crippen molar-refractivity contribution in [2.45, 2.75) is 32.7 Å². The van der Waals surface area contributed by atoms with Gasteiger partial charge >= 0.3 is 0 Å². The van der Waals surface area contributed by atoms with Crippen LogP contribution < -0.4 is 0 Å². The van der Waals surface area contributed by atoms with Crippen molar-refractivity contribution in [3.63, 3.8) is 0 Å². The van der Waals surface area contributed by atoms with Crippen molar-refractivity contribution in [2.24, 2.45) is 0 Å². The quantitative estimate of drug-likeness (QED) is 0.707. The Morgan fingerprint density at radius 1 is 1.46 bits per heavy atom. The van der Waals surface area contributed by atoms with E-state index in [1.807, 2.05) is 4.57 Å². The number of hydrogen-bond acceptors (Lipinski definition) is 3. The average Bonchev–Trinajstić information content (AvgIpc) is 2.47. The normalized spacial score (nSPS) is 12.0. The van der Waals surface area contributed by atoms with Gasteiger partial charge in [0.1, 0.15) is 12.2 Å². The minimum atomic E-state index is 0.0459. The summed E-state index contributed by atoms with van der Waals surface area (Å²) in [7, 11) is 1.70. The topological polar surface area (TPSA) is 39.9 Å². The fraction of sp³-hybridized carbons (Fsp3) is 0.778. The SMILES string of the molecule is COCCn1cnnc1C(C)(C)C. The van der Waals surface area contributed by atoms with E-state index in [4.69, 9.17) is 4.74 Å². The molecular weight excluding hydrogens is 166 g/mol. The maximum Gasteiger partial charge on any atom is 0.138 e. The van der Waals surface area contributed by atoms with Crippen LogP contribution in [0.3, 0.4) is 0 Å². The van der Waals surface area contributed by atoms with Crippen molar-refractivity contribution in [1.29, 1.82) is 0 Å². The molecule has 0 fully saturated rings. The van der Waals surface area contributed by atoms with Crippen molar-refractivity contribution in [2.75, 3.05) is 13.7 Å². The summed E-state index contributed by atoms with van der Waals surface area (Å²) in [6, 6.07) is 0. The van der Waals surface area contributed by atoms with Crippen molar-refractivity contribution < 1.29 is 4.74 Å². The van der Waals surface area contributed by atoms with E-state index >= 15 is 0 Å². The van der Waals surface area contributed by atoms with E-state index in [9.17, 15) is 0 Å². The maximum atomic E-state index is 5.01. The monoisotopic (exact) mass is 183 g/mol. The standard InChI is InChI=1S/C9H17N3O/c1-9(2,3)8-11-10-7-12(8)5-6-13-4/h7H,5-6H2,1-4H3. The highest BCUT2D eigenvalue weighted by atomic mass is 16.5. The molecule has 1 heterocycles. The zero-order chi connectivity index (χ0) is 9.90. The first-order valence-electron chi connectivity index (χ1n) is 4.43. The third kappa shape index (κ3) is 2.52.